The highest BCUT2D eigenvalue weighted by Crippen LogP contribution is 2.29. The molecule has 2 heterocycles. The molecule has 1 aliphatic heterocycles. The maximum absolute atomic E-state index is 5.49. The van der Waals surface area contributed by atoms with Crippen LogP contribution in [0.3, 0.4) is 0 Å². The van der Waals surface area contributed by atoms with Crippen LogP contribution in [0.2, 0.25) is 0 Å². The number of anilines is 1. The van der Waals surface area contributed by atoms with E-state index in [2.05, 4.69) is 51.0 Å². The van der Waals surface area contributed by atoms with Crippen molar-refractivity contribution in [2.24, 2.45) is 0 Å². The SMILES string of the molecule is CCc1n[nH]c(CN2CCN(c3ccccc3OC)C[C@H]2C)n1. The zero-order valence-corrected chi connectivity index (χ0v) is 14.1. The lowest BCUT2D eigenvalue weighted by molar-refractivity contribution is 0.176. The van der Waals surface area contributed by atoms with Gasteiger partial charge >= 0.3 is 0 Å². The van der Waals surface area contributed by atoms with Gasteiger partial charge in [-0.2, -0.15) is 5.10 Å². The number of nitrogens with zero attached hydrogens (tertiary/aromatic N) is 4. The standard InChI is InChI=1S/C17H25N5O/c1-4-16-18-17(20-19-16)12-21-9-10-22(11-13(21)2)14-7-5-6-8-15(14)23-3/h5-8,13H,4,9-12H2,1-3H3,(H,18,19,20)/t13-/m1/s1. The van der Waals surface area contributed by atoms with Gasteiger partial charge in [-0.05, 0) is 19.1 Å². The summed E-state index contributed by atoms with van der Waals surface area (Å²) >= 11 is 0. The van der Waals surface area contributed by atoms with Crippen LogP contribution in [-0.2, 0) is 13.0 Å². The van der Waals surface area contributed by atoms with E-state index in [4.69, 9.17) is 4.74 Å². The second-order valence-corrected chi connectivity index (χ2v) is 5.99. The molecule has 0 amide bonds. The van der Waals surface area contributed by atoms with Crippen LogP contribution >= 0.6 is 0 Å². The van der Waals surface area contributed by atoms with E-state index in [1.165, 1.54) is 5.69 Å². The van der Waals surface area contributed by atoms with Crippen molar-refractivity contribution in [3.8, 4) is 5.75 Å². The fourth-order valence-corrected chi connectivity index (χ4v) is 3.10. The summed E-state index contributed by atoms with van der Waals surface area (Å²) in [5.74, 6) is 2.79. The van der Waals surface area contributed by atoms with E-state index in [1.807, 2.05) is 12.1 Å². The monoisotopic (exact) mass is 315 g/mol. The minimum Gasteiger partial charge on any atom is -0.495 e. The third kappa shape index (κ3) is 3.47. The lowest BCUT2D eigenvalue weighted by Gasteiger charge is -2.40. The highest BCUT2D eigenvalue weighted by molar-refractivity contribution is 5.58. The normalized spacial score (nSPS) is 19.1. The van der Waals surface area contributed by atoms with Crippen molar-refractivity contribution in [3.63, 3.8) is 0 Å². The number of ether oxygens (including phenoxy) is 1. The van der Waals surface area contributed by atoms with Crippen LogP contribution in [0.1, 0.15) is 25.5 Å². The van der Waals surface area contributed by atoms with Gasteiger partial charge in [0, 0.05) is 32.1 Å². The van der Waals surface area contributed by atoms with E-state index in [0.29, 0.717) is 6.04 Å². The molecule has 1 atom stereocenters. The predicted molar refractivity (Wildman–Crippen MR) is 90.8 cm³/mol. The number of rotatable bonds is 5. The third-order valence-corrected chi connectivity index (χ3v) is 4.44. The Labute approximate surface area is 137 Å². The topological polar surface area (TPSA) is 57.3 Å². The van der Waals surface area contributed by atoms with Crippen LogP contribution < -0.4 is 9.64 Å². The molecule has 0 radical (unpaired) electrons. The van der Waals surface area contributed by atoms with Gasteiger partial charge in [-0.1, -0.05) is 19.1 Å². The molecule has 6 nitrogen and oxygen atoms in total. The van der Waals surface area contributed by atoms with Gasteiger partial charge in [-0.15, -0.1) is 0 Å². The number of piperazine rings is 1. The Bertz CT molecular complexity index is 641. The van der Waals surface area contributed by atoms with E-state index in [-0.39, 0.29) is 0 Å². The molecule has 124 valence electrons. The molecule has 1 aromatic carbocycles. The molecular weight excluding hydrogens is 290 g/mol. The summed E-state index contributed by atoms with van der Waals surface area (Å²) in [5, 5.41) is 7.27. The third-order valence-electron chi connectivity index (χ3n) is 4.44. The van der Waals surface area contributed by atoms with Gasteiger partial charge in [-0.3, -0.25) is 10.00 Å². The lowest BCUT2D eigenvalue weighted by atomic mass is 10.1. The molecule has 1 N–H and O–H groups in total. The summed E-state index contributed by atoms with van der Waals surface area (Å²) in [6, 6.07) is 8.68. The van der Waals surface area contributed by atoms with Crippen molar-refractivity contribution in [3.05, 3.63) is 35.9 Å². The van der Waals surface area contributed by atoms with Crippen molar-refractivity contribution in [1.82, 2.24) is 20.1 Å². The fourth-order valence-electron chi connectivity index (χ4n) is 3.10. The second-order valence-electron chi connectivity index (χ2n) is 5.99. The first-order valence-electron chi connectivity index (χ1n) is 8.23. The number of aryl methyl sites for hydroxylation is 1. The van der Waals surface area contributed by atoms with E-state index in [9.17, 15) is 0 Å². The Balaban J connectivity index is 1.65. The lowest BCUT2D eigenvalue weighted by Crippen LogP contribution is -2.51. The molecule has 1 aliphatic rings. The van der Waals surface area contributed by atoms with Gasteiger partial charge in [-0.25, -0.2) is 4.98 Å². The number of methoxy groups -OCH3 is 1. The van der Waals surface area contributed by atoms with Crippen molar-refractivity contribution in [2.75, 3.05) is 31.6 Å². The number of hydrogen-bond acceptors (Lipinski definition) is 5. The van der Waals surface area contributed by atoms with Crippen molar-refractivity contribution in [1.29, 1.82) is 0 Å². The van der Waals surface area contributed by atoms with Crippen LogP contribution in [0.4, 0.5) is 5.69 Å². The number of aromatic amines is 1. The Morgan fingerprint density at radius 3 is 2.83 bits per heavy atom. The highest BCUT2D eigenvalue weighted by Gasteiger charge is 2.26. The highest BCUT2D eigenvalue weighted by atomic mass is 16.5. The number of nitrogens with one attached hydrogen (secondary N) is 1. The van der Waals surface area contributed by atoms with Crippen molar-refractivity contribution >= 4 is 5.69 Å². The van der Waals surface area contributed by atoms with Crippen LogP contribution in [-0.4, -0.2) is 52.9 Å². The Morgan fingerprint density at radius 1 is 1.30 bits per heavy atom. The molecule has 23 heavy (non-hydrogen) atoms. The smallest absolute Gasteiger partial charge is 0.150 e. The molecule has 1 aromatic heterocycles. The summed E-state index contributed by atoms with van der Waals surface area (Å²) in [7, 11) is 1.73. The van der Waals surface area contributed by atoms with Gasteiger partial charge in [0.1, 0.15) is 17.4 Å². The zero-order valence-electron chi connectivity index (χ0n) is 14.1. The van der Waals surface area contributed by atoms with E-state index in [1.54, 1.807) is 7.11 Å². The summed E-state index contributed by atoms with van der Waals surface area (Å²) in [6.07, 6.45) is 0.869. The van der Waals surface area contributed by atoms with Gasteiger partial charge in [0.2, 0.25) is 0 Å². The van der Waals surface area contributed by atoms with E-state index < -0.39 is 0 Å². The number of H-pyrrole nitrogens is 1. The maximum atomic E-state index is 5.49. The first-order valence-corrected chi connectivity index (χ1v) is 8.23. The van der Waals surface area contributed by atoms with Crippen LogP contribution in [0.25, 0.3) is 0 Å². The van der Waals surface area contributed by atoms with Crippen molar-refractivity contribution < 1.29 is 4.74 Å². The summed E-state index contributed by atoms with van der Waals surface area (Å²) in [4.78, 5) is 9.37. The summed E-state index contributed by atoms with van der Waals surface area (Å²) in [5.41, 5.74) is 1.18. The molecule has 1 saturated heterocycles. The summed E-state index contributed by atoms with van der Waals surface area (Å²) in [6.45, 7) is 8.13. The van der Waals surface area contributed by atoms with Gasteiger partial charge in [0.25, 0.3) is 0 Å². The average Bonchev–Trinajstić information content (AvgIpc) is 3.04. The number of aromatic nitrogens is 3. The molecule has 0 aliphatic carbocycles. The van der Waals surface area contributed by atoms with Gasteiger partial charge in [0.05, 0.1) is 19.3 Å². The van der Waals surface area contributed by atoms with Gasteiger partial charge < -0.3 is 9.64 Å². The van der Waals surface area contributed by atoms with Crippen LogP contribution in [0.15, 0.2) is 24.3 Å². The number of benzene rings is 1. The maximum Gasteiger partial charge on any atom is 0.150 e. The van der Waals surface area contributed by atoms with Crippen LogP contribution in [0, 0.1) is 0 Å². The average molecular weight is 315 g/mol. The minimum atomic E-state index is 0.448. The second kappa shape index (κ2) is 7.00. The molecule has 0 unspecified atom stereocenters. The summed E-state index contributed by atoms with van der Waals surface area (Å²) < 4.78 is 5.49. The molecule has 3 rings (SSSR count). The fraction of sp³-hybridized carbons (Fsp3) is 0.529. The number of para-hydroxylation sites is 2. The Kier molecular flexibility index (Phi) is 4.81. The predicted octanol–water partition coefficient (Wildman–Crippen LogP) is 2.09. The number of hydrogen-bond donors (Lipinski definition) is 1. The van der Waals surface area contributed by atoms with E-state index in [0.717, 1.165) is 50.0 Å². The first kappa shape index (κ1) is 15.8. The molecule has 1 fully saturated rings. The molecule has 0 saturated carbocycles. The molecule has 2 aromatic rings. The van der Waals surface area contributed by atoms with E-state index >= 15 is 0 Å². The Hall–Kier alpha value is -2.08. The first-order chi connectivity index (χ1) is 11.2. The van der Waals surface area contributed by atoms with Gasteiger partial charge in [0.15, 0.2) is 0 Å². The molecular formula is C17H25N5O. The van der Waals surface area contributed by atoms with Crippen LogP contribution in [0.5, 0.6) is 5.75 Å². The Morgan fingerprint density at radius 2 is 2.13 bits per heavy atom. The minimum absolute atomic E-state index is 0.448. The zero-order chi connectivity index (χ0) is 16.2. The quantitative estimate of drug-likeness (QED) is 0.915. The molecule has 0 spiro atoms. The largest absolute Gasteiger partial charge is 0.495 e. The van der Waals surface area contributed by atoms with Crippen molar-refractivity contribution in [2.45, 2.75) is 32.9 Å². The molecule has 6 heteroatoms. The molecule has 0 bridgehead atoms.